The van der Waals surface area contributed by atoms with Crippen molar-refractivity contribution < 1.29 is 0 Å². The summed E-state index contributed by atoms with van der Waals surface area (Å²) < 4.78 is 0. The smallest absolute Gasteiger partial charge is 0.115 e. The SMILES string of the molecule is Cc1ccccc1-c1ccccc1N=C(N)CCl. The number of amidine groups is 1. The van der Waals surface area contributed by atoms with Crippen LogP contribution >= 0.6 is 11.6 Å². The highest BCUT2D eigenvalue weighted by Crippen LogP contribution is 2.32. The Kier molecular flexibility index (Phi) is 4.00. The Morgan fingerprint density at radius 2 is 1.67 bits per heavy atom. The molecule has 0 aliphatic heterocycles. The lowest BCUT2D eigenvalue weighted by atomic mass is 9.99. The van der Waals surface area contributed by atoms with E-state index in [9.17, 15) is 0 Å². The molecule has 92 valence electrons. The average Bonchev–Trinajstić information content (AvgIpc) is 2.40. The van der Waals surface area contributed by atoms with Crippen molar-refractivity contribution in [2.45, 2.75) is 6.92 Å². The van der Waals surface area contributed by atoms with Gasteiger partial charge in [-0.05, 0) is 24.1 Å². The first kappa shape index (κ1) is 12.7. The molecular formula is C15H15ClN2. The molecule has 0 unspecified atom stereocenters. The molecule has 0 fully saturated rings. The Balaban J connectivity index is 2.56. The van der Waals surface area contributed by atoms with Gasteiger partial charge in [0.2, 0.25) is 0 Å². The molecule has 0 heterocycles. The number of alkyl halides is 1. The molecule has 18 heavy (non-hydrogen) atoms. The van der Waals surface area contributed by atoms with Crippen molar-refractivity contribution in [3.8, 4) is 11.1 Å². The average molecular weight is 259 g/mol. The first-order chi connectivity index (χ1) is 8.72. The predicted octanol–water partition coefficient (Wildman–Crippen LogP) is 3.89. The molecule has 2 aromatic rings. The molecule has 0 atom stereocenters. The number of rotatable bonds is 3. The molecule has 0 saturated heterocycles. The van der Waals surface area contributed by atoms with Crippen LogP contribution in [0.4, 0.5) is 5.69 Å². The quantitative estimate of drug-likeness (QED) is 0.506. The Morgan fingerprint density at radius 1 is 1.06 bits per heavy atom. The molecule has 0 aromatic heterocycles. The van der Waals surface area contributed by atoms with Crippen molar-refractivity contribution in [1.82, 2.24) is 0 Å². The maximum Gasteiger partial charge on any atom is 0.115 e. The van der Waals surface area contributed by atoms with Crippen molar-refractivity contribution in [2.24, 2.45) is 10.7 Å². The third kappa shape index (κ3) is 2.71. The van der Waals surface area contributed by atoms with Crippen LogP contribution in [-0.2, 0) is 0 Å². The zero-order valence-corrected chi connectivity index (χ0v) is 11.0. The van der Waals surface area contributed by atoms with E-state index in [0.717, 1.165) is 11.3 Å². The summed E-state index contributed by atoms with van der Waals surface area (Å²) in [5.41, 5.74) is 10.0. The molecular weight excluding hydrogens is 244 g/mol. The Labute approximate surface area is 112 Å². The Hall–Kier alpha value is -1.80. The van der Waals surface area contributed by atoms with Gasteiger partial charge in [-0.2, -0.15) is 0 Å². The van der Waals surface area contributed by atoms with Gasteiger partial charge in [-0.25, -0.2) is 4.99 Å². The number of aliphatic imine (C=N–C) groups is 1. The van der Waals surface area contributed by atoms with Gasteiger partial charge in [-0.1, -0.05) is 42.5 Å². The molecule has 0 radical (unpaired) electrons. The molecule has 0 spiro atoms. The van der Waals surface area contributed by atoms with Crippen LogP contribution in [0, 0.1) is 6.92 Å². The van der Waals surface area contributed by atoms with Crippen LogP contribution in [0.15, 0.2) is 53.5 Å². The van der Waals surface area contributed by atoms with E-state index in [1.807, 2.05) is 36.4 Å². The third-order valence-corrected chi connectivity index (χ3v) is 3.01. The molecule has 0 saturated carbocycles. The van der Waals surface area contributed by atoms with Crippen LogP contribution < -0.4 is 5.73 Å². The van der Waals surface area contributed by atoms with Gasteiger partial charge in [0.1, 0.15) is 5.84 Å². The first-order valence-corrected chi connectivity index (χ1v) is 6.30. The van der Waals surface area contributed by atoms with E-state index in [1.165, 1.54) is 11.1 Å². The lowest BCUT2D eigenvalue weighted by Crippen LogP contribution is -2.12. The summed E-state index contributed by atoms with van der Waals surface area (Å²) in [4.78, 5) is 4.36. The van der Waals surface area contributed by atoms with Crippen LogP contribution in [0.5, 0.6) is 0 Å². The molecule has 0 bridgehead atoms. The summed E-state index contributed by atoms with van der Waals surface area (Å²) in [5.74, 6) is 0.667. The largest absolute Gasteiger partial charge is 0.386 e. The van der Waals surface area contributed by atoms with Gasteiger partial charge in [0.05, 0.1) is 11.6 Å². The topological polar surface area (TPSA) is 38.4 Å². The van der Waals surface area contributed by atoms with Crippen LogP contribution in [0.3, 0.4) is 0 Å². The van der Waals surface area contributed by atoms with Crippen molar-refractivity contribution in [3.63, 3.8) is 0 Å². The van der Waals surface area contributed by atoms with Crippen molar-refractivity contribution in [3.05, 3.63) is 54.1 Å². The monoisotopic (exact) mass is 258 g/mol. The fourth-order valence-electron chi connectivity index (χ4n) is 1.86. The van der Waals surface area contributed by atoms with Gasteiger partial charge in [-0.3, -0.25) is 0 Å². The Morgan fingerprint density at radius 3 is 2.33 bits per heavy atom. The molecule has 3 heteroatoms. The molecule has 2 aromatic carbocycles. The van der Waals surface area contributed by atoms with Gasteiger partial charge in [0, 0.05) is 5.56 Å². The third-order valence-electron chi connectivity index (χ3n) is 2.74. The second-order valence-corrected chi connectivity index (χ2v) is 4.34. The summed E-state index contributed by atoms with van der Waals surface area (Å²) >= 11 is 5.68. The highest BCUT2D eigenvalue weighted by molar-refractivity contribution is 6.28. The predicted molar refractivity (Wildman–Crippen MR) is 78.6 cm³/mol. The number of hydrogen-bond donors (Lipinski definition) is 1. The lowest BCUT2D eigenvalue weighted by Gasteiger charge is -2.09. The standard InChI is InChI=1S/C15H15ClN2/c1-11-6-2-3-7-12(11)13-8-4-5-9-14(13)18-15(17)10-16/h2-9H,10H2,1H3,(H2,17,18). The number of nitrogens with zero attached hydrogens (tertiary/aromatic N) is 1. The minimum Gasteiger partial charge on any atom is -0.386 e. The summed E-state index contributed by atoms with van der Waals surface area (Å²) in [5, 5.41) is 0. The molecule has 0 amide bonds. The highest BCUT2D eigenvalue weighted by Gasteiger charge is 2.06. The van der Waals surface area contributed by atoms with Crippen LogP contribution in [0.1, 0.15) is 5.56 Å². The molecule has 0 aliphatic rings. The van der Waals surface area contributed by atoms with Gasteiger partial charge < -0.3 is 5.73 Å². The number of nitrogens with two attached hydrogens (primary N) is 1. The van der Waals surface area contributed by atoms with Crippen LogP contribution in [-0.4, -0.2) is 11.7 Å². The van der Waals surface area contributed by atoms with Crippen LogP contribution in [0.25, 0.3) is 11.1 Å². The molecule has 2 N–H and O–H groups in total. The maximum atomic E-state index is 5.71. The normalized spacial score (nSPS) is 11.6. The van der Waals surface area contributed by atoms with E-state index >= 15 is 0 Å². The van der Waals surface area contributed by atoms with Crippen molar-refractivity contribution in [2.75, 3.05) is 5.88 Å². The van der Waals surface area contributed by atoms with Gasteiger partial charge in [0.25, 0.3) is 0 Å². The van der Waals surface area contributed by atoms with E-state index in [4.69, 9.17) is 17.3 Å². The summed E-state index contributed by atoms with van der Waals surface area (Å²) in [6.45, 7) is 2.08. The van der Waals surface area contributed by atoms with Crippen molar-refractivity contribution in [1.29, 1.82) is 0 Å². The second kappa shape index (κ2) is 5.69. The van der Waals surface area contributed by atoms with Crippen molar-refractivity contribution >= 4 is 23.1 Å². The maximum absolute atomic E-state index is 5.71. The summed E-state index contributed by atoms with van der Waals surface area (Å²) in [6, 6.07) is 16.1. The van der Waals surface area contributed by atoms with E-state index < -0.39 is 0 Å². The fraction of sp³-hybridized carbons (Fsp3) is 0.133. The first-order valence-electron chi connectivity index (χ1n) is 5.76. The second-order valence-electron chi connectivity index (χ2n) is 4.07. The van der Waals surface area contributed by atoms with Crippen LogP contribution in [0.2, 0.25) is 0 Å². The number of para-hydroxylation sites is 1. The number of hydrogen-bond acceptors (Lipinski definition) is 1. The Bertz CT molecular complexity index is 576. The minimum absolute atomic E-state index is 0.238. The zero-order valence-electron chi connectivity index (χ0n) is 10.2. The molecule has 2 nitrogen and oxygen atoms in total. The molecule has 2 rings (SSSR count). The van der Waals surface area contributed by atoms with Gasteiger partial charge in [0.15, 0.2) is 0 Å². The number of halogens is 1. The zero-order chi connectivity index (χ0) is 13.0. The summed E-state index contributed by atoms with van der Waals surface area (Å²) in [7, 11) is 0. The fourth-order valence-corrected chi connectivity index (χ4v) is 1.92. The molecule has 0 aliphatic carbocycles. The number of benzene rings is 2. The van der Waals surface area contributed by atoms with E-state index in [-0.39, 0.29) is 5.88 Å². The summed E-state index contributed by atoms with van der Waals surface area (Å²) in [6.07, 6.45) is 0. The van der Waals surface area contributed by atoms with E-state index in [2.05, 4.69) is 24.0 Å². The van der Waals surface area contributed by atoms with Gasteiger partial charge in [-0.15, -0.1) is 11.6 Å². The lowest BCUT2D eigenvalue weighted by molar-refractivity contribution is 1.41. The van der Waals surface area contributed by atoms with Gasteiger partial charge >= 0.3 is 0 Å². The van der Waals surface area contributed by atoms with E-state index in [1.54, 1.807) is 0 Å². The minimum atomic E-state index is 0.238. The number of aryl methyl sites for hydroxylation is 1. The van der Waals surface area contributed by atoms with E-state index in [0.29, 0.717) is 5.84 Å². The highest BCUT2D eigenvalue weighted by atomic mass is 35.5.